The first-order valence-electron chi connectivity index (χ1n) is 8.93. The second-order valence-corrected chi connectivity index (χ2v) is 7.53. The van der Waals surface area contributed by atoms with Gasteiger partial charge in [-0.05, 0) is 74.5 Å². The standard InChI is InChI=1S/C21H29F2N/c1-5-9-20(14-21(23,15-20)10-6-2)11-7-8-19-18(22)12-17(13-24-19)16(3)4/h6,12-13H,2-3,5,7-11,14-15H2,1,4H3. The van der Waals surface area contributed by atoms with E-state index in [-0.39, 0.29) is 11.2 Å². The Morgan fingerprint density at radius 3 is 2.62 bits per heavy atom. The van der Waals surface area contributed by atoms with E-state index >= 15 is 0 Å². The van der Waals surface area contributed by atoms with Gasteiger partial charge in [0.1, 0.15) is 11.5 Å². The summed E-state index contributed by atoms with van der Waals surface area (Å²) in [5.41, 5.74) is 1.07. The Hall–Kier alpha value is -1.51. The zero-order chi connectivity index (χ0) is 17.8. The van der Waals surface area contributed by atoms with Crippen LogP contribution in [-0.4, -0.2) is 10.7 Å². The number of rotatable bonds is 9. The van der Waals surface area contributed by atoms with Gasteiger partial charge in [-0.2, -0.15) is 0 Å². The molecule has 0 unspecified atom stereocenters. The van der Waals surface area contributed by atoms with Crippen LogP contribution in [0.5, 0.6) is 0 Å². The van der Waals surface area contributed by atoms with Crippen LogP contribution in [0.4, 0.5) is 8.78 Å². The minimum absolute atomic E-state index is 0.0840. The van der Waals surface area contributed by atoms with Gasteiger partial charge in [0, 0.05) is 6.20 Å². The molecule has 24 heavy (non-hydrogen) atoms. The molecule has 1 aliphatic carbocycles. The number of halogens is 2. The maximum absolute atomic E-state index is 14.5. The van der Waals surface area contributed by atoms with Crippen LogP contribution in [0, 0.1) is 11.2 Å². The molecule has 1 heterocycles. The summed E-state index contributed by atoms with van der Waals surface area (Å²) in [4.78, 5) is 4.24. The third-order valence-corrected chi connectivity index (χ3v) is 5.20. The zero-order valence-electron chi connectivity index (χ0n) is 15.0. The first kappa shape index (κ1) is 18.8. The Morgan fingerprint density at radius 2 is 2.08 bits per heavy atom. The summed E-state index contributed by atoms with van der Waals surface area (Å²) in [7, 11) is 0. The van der Waals surface area contributed by atoms with Crippen LogP contribution in [0.3, 0.4) is 0 Å². The highest BCUT2D eigenvalue weighted by atomic mass is 19.1. The van der Waals surface area contributed by atoms with E-state index in [2.05, 4.69) is 25.1 Å². The summed E-state index contributed by atoms with van der Waals surface area (Å²) in [5, 5.41) is 0. The van der Waals surface area contributed by atoms with Crippen molar-refractivity contribution in [3.63, 3.8) is 0 Å². The third-order valence-electron chi connectivity index (χ3n) is 5.20. The summed E-state index contributed by atoms with van der Waals surface area (Å²) in [5.74, 6) is -0.264. The molecule has 132 valence electrons. The largest absolute Gasteiger partial charge is 0.258 e. The molecule has 0 spiro atoms. The zero-order valence-corrected chi connectivity index (χ0v) is 15.0. The number of aryl methyl sites for hydroxylation is 1. The Bertz CT molecular complexity index is 600. The lowest BCUT2D eigenvalue weighted by Gasteiger charge is -2.52. The summed E-state index contributed by atoms with van der Waals surface area (Å²) in [6, 6.07) is 1.51. The van der Waals surface area contributed by atoms with Crippen LogP contribution >= 0.6 is 0 Å². The van der Waals surface area contributed by atoms with Crippen LogP contribution < -0.4 is 0 Å². The molecule has 3 heteroatoms. The molecule has 0 bridgehead atoms. The fraction of sp³-hybridized carbons (Fsp3) is 0.571. The van der Waals surface area contributed by atoms with Crippen LogP contribution in [-0.2, 0) is 6.42 Å². The molecule has 1 nitrogen and oxygen atoms in total. The van der Waals surface area contributed by atoms with Crippen molar-refractivity contribution >= 4 is 5.57 Å². The Balaban J connectivity index is 1.92. The number of hydrogen-bond acceptors (Lipinski definition) is 1. The van der Waals surface area contributed by atoms with E-state index in [9.17, 15) is 8.78 Å². The van der Waals surface area contributed by atoms with Crippen molar-refractivity contribution in [3.8, 4) is 0 Å². The normalized spacial score (nSPS) is 26.0. The van der Waals surface area contributed by atoms with E-state index < -0.39 is 5.67 Å². The van der Waals surface area contributed by atoms with E-state index in [0.29, 0.717) is 31.4 Å². The molecule has 1 aliphatic rings. The lowest BCUT2D eigenvalue weighted by molar-refractivity contribution is -0.0770. The molecule has 0 N–H and O–H groups in total. The lowest BCUT2D eigenvalue weighted by Crippen LogP contribution is -2.48. The van der Waals surface area contributed by atoms with Crippen molar-refractivity contribution in [3.05, 3.63) is 48.6 Å². The highest BCUT2D eigenvalue weighted by Gasteiger charge is 2.53. The molecule has 1 saturated carbocycles. The van der Waals surface area contributed by atoms with Gasteiger partial charge < -0.3 is 0 Å². The number of hydrogen-bond donors (Lipinski definition) is 0. The fourth-order valence-corrected chi connectivity index (χ4v) is 4.22. The van der Waals surface area contributed by atoms with Crippen molar-refractivity contribution in [1.29, 1.82) is 0 Å². The average Bonchev–Trinajstić information content (AvgIpc) is 2.47. The summed E-state index contributed by atoms with van der Waals surface area (Å²) < 4.78 is 28.6. The van der Waals surface area contributed by atoms with Gasteiger partial charge in [0.2, 0.25) is 0 Å². The molecule has 0 amide bonds. The highest BCUT2D eigenvalue weighted by molar-refractivity contribution is 5.60. The average molecular weight is 333 g/mol. The molecule has 0 saturated heterocycles. The van der Waals surface area contributed by atoms with E-state index in [1.807, 2.05) is 6.92 Å². The van der Waals surface area contributed by atoms with E-state index in [4.69, 9.17) is 0 Å². The third kappa shape index (κ3) is 4.31. The van der Waals surface area contributed by atoms with Gasteiger partial charge in [-0.3, -0.25) is 4.98 Å². The smallest absolute Gasteiger partial charge is 0.145 e. The first-order chi connectivity index (χ1) is 11.3. The molecule has 1 aromatic heterocycles. The van der Waals surface area contributed by atoms with Crippen molar-refractivity contribution < 1.29 is 8.78 Å². The molecular formula is C21H29F2N. The molecule has 1 fully saturated rings. The van der Waals surface area contributed by atoms with Crippen molar-refractivity contribution in [2.45, 2.75) is 70.9 Å². The van der Waals surface area contributed by atoms with Gasteiger partial charge >= 0.3 is 0 Å². The predicted molar refractivity (Wildman–Crippen MR) is 97.1 cm³/mol. The number of aromatic nitrogens is 1. The Morgan fingerprint density at radius 1 is 1.38 bits per heavy atom. The maximum Gasteiger partial charge on any atom is 0.145 e. The molecule has 0 aromatic carbocycles. The second-order valence-electron chi connectivity index (χ2n) is 7.53. The molecule has 0 atom stereocenters. The molecular weight excluding hydrogens is 304 g/mol. The fourth-order valence-electron chi connectivity index (χ4n) is 4.22. The summed E-state index contributed by atoms with van der Waals surface area (Å²) >= 11 is 0. The minimum atomic E-state index is -1.07. The number of pyridine rings is 1. The van der Waals surface area contributed by atoms with E-state index in [0.717, 1.165) is 36.8 Å². The molecule has 1 aromatic rings. The van der Waals surface area contributed by atoms with Crippen LogP contribution in [0.25, 0.3) is 5.57 Å². The first-order valence-corrected chi connectivity index (χ1v) is 8.93. The quantitative estimate of drug-likeness (QED) is 0.474. The lowest BCUT2D eigenvalue weighted by atomic mass is 9.55. The van der Waals surface area contributed by atoms with E-state index in [1.54, 1.807) is 12.3 Å². The Labute approximate surface area is 144 Å². The molecule has 2 rings (SSSR count). The topological polar surface area (TPSA) is 12.9 Å². The SMILES string of the molecule is C=CCC1(F)CC(CCC)(CCCc2ncc(C(=C)C)cc2F)C1. The van der Waals surface area contributed by atoms with Gasteiger partial charge in [0.15, 0.2) is 0 Å². The van der Waals surface area contributed by atoms with Crippen molar-refractivity contribution in [1.82, 2.24) is 4.98 Å². The monoisotopic (exact) mass is 333 g/mol. The van der Waals surface area contributed by atoms with Crippen molar-refractivity contribution in [2.75, 3.05) is 0 Å². The van der Waals surface area contributed by atoms with E-state index in [1.165, 1.54) is 6.07 Å². The number of alkyl halides is 1. The van der Waals surface area contributed by atoms with Crippen LogP contribution in [0.2, 0.25) is 0 Å². The summed E-state index contributed by atoms with van der Waals surface area (Å²) in [6.45, 7) is 11.5. The van der Waals surface area contributed by atoms with Gasteiger partial charge in [0.25, 0.3) is 0 Å². The van der Waals surface area contributed by atoms with Crippen LogP contribution in [0.1, 0.15) is 70.1 Å². The molecule has 0 aliphatic heterocycles. The van der Waals surface area contributed by atoms with Gasteiger partial charge in [-0.15, -0.1) is 6.58 Å². The Kier molecular flexibility index (Phi) is 5.95. The number of allylic oxidation sites excluding steroid dienone is 2. The summed E-state index contributed by atoms with van der Waals surface area (Å²) in [6.07, 6.45) is 9.53. The number of nitrogens with zero attached hydrogens (tertiary/aromatic N) is 1. The predicted octanol–water partition coefficient (Wildman–Crippen LogP) is 6.44. The van der Waals surface area contributed by atoms with Crippen LogP contribution in [0.15, 0.2) is 31.5 Å². The minimum Gasteiger partial charge on any atom is -0.258 e. The highest BCUT2D eigenvalue weighted by Crippen LogP contribution is 2.57. The van der Waals surface area contributed by atoms with Crippen molar-refractivity contribution in [2.24, 2.45) is 5.41 Å². The maximum atomic E-state index is 14.5. The van der Waals surface area contributed by atoms with Gasteiger partial charge in [0.05, 0.1) is 5.69 Å². The molecule has 0 radical (unpaired) electrons. The second kappa shape index (κ2) is 7.58. The van der Waals surface area contributed by atoms with Gasteiger partial charge in [-0.1, -0.05) is 26.0 Å². The van der Waals surface area contributed by atoms with Gasteiger partial charge in [-0.25, -0.2) is 8.78 Å².